The maximum absolute atomic E-state index is 13.0. The molecule has 0 bridgehead atoms. The molecule has 0 aliphatic rings. The molecule has 0 amide bonds. The normalized spacial score (nSPS) is 10.3. The van der Waals surface area contributed by atoms with Crippen molar-refractivity contribution in [3.05, 3.63) is 59.4 Å². The molecule has 0 atom stereocenters. The van der Waals surface area contributed by atoms with Crippen LogP contribution in [-0.2, 0) is 6.42 Å². The summed E-state index contributed by atoms with van der Waals surface area (Å²) in [6.07, 6.45) is 0.706. The first-order chi connectivity index (χ1) is 9.56. The Balaban J connectivity index is 1.97. The van der Waals surface area contributed by atoms with E-state index in [0.717, 1.165) is 11.3 Å². The summed E-state index contributed by atoms with van der Waals surface area (Å²) in [7, 11) is 0. The van der Waals surface area contributed by atoms with Gasteiger partial charge >= 0.3 is 0 Å². The van der Waals surface area contributed by atoms with Gasteiger partial charge in [0.05, 0.1) is 0 Å². The third-order valence-electron chi connectivity index (χ3n) is 3.06. The van der Waals surface area contributed by atoms with Gasteiger partial charge in [0.2, 0.25) is 0 Å². The van der Waals surface area contributed by atoms with Crippen LogP contribution in [0.25, 0.3) is 0 Å². The Morgan fingerprint density at radius 2 is 2.05 bits per heavy atom. The van der Waals surface area contributed by atoms with E-state index in [1.807, 2.05) is 12.1 Å². The van der Waals surface area contributed by atoms with Gasteiger partial charge in [-0.05, 0) is 49.2 Å². The number of nitrogen functional groups attached to an aromatic ring is 1. The number of benzene rings is 2. The van der Waals surface area contributed by atoms with Gasteiger partial charge in [-0.1, -0.05) is 12.1 Å². The van der Waals surface area contributed by atoms with Crippen molar-refractivity contribution in [1.82, 2.24) is 0 Å². The number of hydrogen-bond acceptors (Lipinski definition) is 3. The van der Waals surface area contributed by atoms with Gasteiger partial charge in [0.1, 0.15) is 5.82 Å². The summed E-state index contributed by atoms with van der Waals surface area (Å²) >= 11 is 0. The van der Waals surface area contributed by atoms with Gasteiger partial charge in [-0.15, -0.1) is 0 Å². The van der Waals surface area contributed by atoms with Crippen LogP contribution in [0.15, 0.2) is 42.5 Å². The third kappa shape index (κ3) is 3.57. The lowest BCUT2D eigenvalue weighted by Crippen LogP contribution is -2.07. The Hall–Kier alpha value is -2.36. The summed E-state index contributed by atoms with van der Waals surface area (Å²) in [4.78, 5) is 11.4. The van der Waals surface area contributed by atoms with Crippen LogP contribution in [0.3, 0.4) is 0 Å². The van der Waals surface area contributed by atoms with Crippen LogP contribution >= 0.6 is 0 Å². The lowest BCUT2D eigenvalue weighted by molar-refractivity contribution is 0.101. The summed E-state index contributed by atoms with van der Waals surface area (Å²) in [5.41, 5.74) is 8.50. The molecule has 4 heteroatoms. The second-order valence-electron chi connectivity index (χ2n) is 4.66. The van der Waals surface area contributed by atoms with E-state index in [-0.39, 0.29) is 11.6 Å². The number of rotatable bonds is 5. The van der Waals surface area contributed by atoms with Gasteiger partial charge in [0.25, 0.3) is 0 Å². The zero-order valence-electron chi connectivity index (χ0n) is 11.3. The number of ketones is 1. The van der Waals surface area contributed by atoms with E-state index in [1.54, 1.807) is 18.2 Å². The van der Waals surface area contributed by atoms with Crippen molar-refractivity contribution < 1.29 is 9.18 Å². The van der Waals surface area contributed by atoms with Gasteiger partial charge in [-0.25, -0.2) is 4.39 Å². The molecule has 0 saturated heterocycles. The van der Waals surface area contributed by atoms with E-state index in [4.69, 9.17) is 5.73 Å². The number of halogens is 1. The number of hydrogen-bond donors (Lipinski definition) is 2. The highest BCUT2D eigenvalue weighted by atomic mass is 19.1. The van der Waals surface area contributed by atoms with Crippen molar-refractivity contribution in [2.45, 2.75) is 13.3 Å². The van der Waals surface area contributed by atoms with Crippen LogP contribution in [0.4, 0.5) is 15.8 Å². The summed E-state index contributed by atoms with van der Waals surface area (Å²) < 4.78 is 13.0. The first-order valence-electron chi connectivity index (χ1n) is 6.45. The second kappa shape index (κ2) is 6.19. The highest BCUT2D eigenvalue weighted by Gasteiger charge is 2.05. The van der Waals surface area contributed by atoms with Crippen molar-refractivity contribution in [3.8, 4) is 0 Å². The van der Waals surface area contributed by atoms with Crippen LogP contribution in [-0.4, -0.2) is 12.3 Å². The number of nitrogens with two attached hydrogens (primary N) is 1. The van der Waals surface area contributed by atoms with Crippen molar-refractivity contribution >= 4 is 17.2 Å². The van der Waals surface area contributed by atoms with E-state index in [0.29, 0.717) is 24.2 Å². The quantitative estimate of drug-likeness (QED) is 0.649. The predicted molar refractivity (Wildman–Crippen MR) is 79.5 cm³/mol. The Morgan fingerprint density at radius 1 is 1.25 bits per heavy atom. The van der Waals surface area contributed by atoms with E-state index in [2.05, 4.69) is 5.32 Å². The molecule has 0 unspecified atom stereocenters. The van der Waals surface area contributed by atoms with Crippen LogP contribution in [0.5, 0.6) is 0 Å². The maximum atomic E-state index is 13.0. The van der Waals surface area contributed by atoms with Crippen LogP contribution in [0.1, 0.15) is 22.8 Å². The molecule has 0 spiro atoms. The fraction of sp³-hybridized carbons (Fsp3) is 0.188. The van der Waals surface area contributed by atoms with E-state index in [9.17, 15) is 9.18 Å². The van der Waals surface area contributed by atoms with Gasteiger partial charge < -0.3 is 11.1 Å². The van der Waals surface area contributed by atoms with E-state index >= 15 is 0 Å². The maximum Gasteiger partial charge on any atom is 0.161 e. The Labute approximate surface area is 117 Å². The van der Waals surface area contributed by atoms with E-state index in [1.165, 1.54) is 19.1 Å². The zero-order valence-corrected chi connectivity index (χ0v) is 11.3. The number of carbonyl (C=O) groups is 1. The number of Topliss-reactive ketones (excluding diaryl/α,β-unsaturated/α-hetero) is 1. The first-order valence-corrected chi connectivity index (χ1v) is 6.45. The zero-order chi connectivity index (χ0) is 14.5. The monoisotopic (exact) mass is 272 g/mol. The Morgan fingerprint density at radius 3 is 2.75 bits per heavy atom. The lowest BCUT2D eigenvalue weighted by atomic mass is 10.1. The minimum absolute atomic E-state index is 0.0590. The highest BCUT2D eigenvalue weighted by Crippen LogP contribution is 2.18. The number of carbonyl (C=O) groups excluding carboxylic acids is 1. The van der Waals surface area contributed by atoms with Gasteiger partial charge in [-0.2, -0.15) is 0 Å². The average molecular weight is 272 g/mol. The molecule has 20 heavy (non-hydrogen) atoms. The highest BCUT2D eigenvalue weighted by molar-refractivity contribution is 5.99. The molecule has 0 aliphatic heterocycles. The molecule has 2 aromatic carbocycles. The van der Waals surface area contributed by atoms with Gasteiger partial charge in [0.15, 0.2) is 5.78 Å². The van der Waals surface area contributed by atoms with Crippen LogP contribution < -0.4 is 11.1 Å². The minimum atomic E-state index is -0.228. The largest absolute Gasteiger partial charge is 0.398 e. The average Bonchev–Trinajstić information content (AvgIpc) is 2.40. The molecule has 2 rings (SSSR count). The van der Waals surface area contributed by atoms with Crippen LogP contribution in [0.2, 0.25) is 0 Å². The molecule has 0 aromatic heterocycles. The minimum Gasteiger partial charge on any atom is -0.398 e. The molecule has 3 N–H and O–H groups in total. The molecule has 0 radical (unpaired) electrons. The lowest BCUT2D eigenvalue weighted by Gasteiger charge is -2.09. The molecule has 104 valence electrons. The smallest absolute Gasteiger partial charge is 0.161 e. The second-order valence-corrected chi connectivity index (χ2v) is 4.66. The standard InChI is InChI=1S/C16H17FN2O/c1-11(20)15-10-14(5-6-16(15)18)19-8-7-12-3-2-4-13(17)9-12/h2-6,9-10,19H,7-8,18H2,1H3. The molecule has 0 saturated carbocycles. The van der Waals surface area contributed by atoms with Gasteiger partial charge in [-0.3, -0.25) is 4.79 Å². The number of nitrogens with one attached hydrogen (secondary N) is 1. The summed E-state index contributed by atoms with van der Waals surface area (Å²) in [5, 5.41) is 3.20. The predicted octanol–water partition coefficient (Wildman–Crippen LogP) is 3.27. The molecule has 0 fully saturated rings. The van der Waals surface area contributed by atoms with Crippen molar-refractivity contribution in [2.24, 2.45) is 0 Å². The summed E-state index contributed by atoms with van der Waals surface area (Å²) in [5.74, 6) is -0.287. The first kappa shape index (κ1) is 14.1. The van der Waals surface area contributed by atoms with Crippen LogP contribution in [0, 0.1) is 5.82 Å². The van der Waals surface area contributed by atoms with Crippen molar-refractivity contribution in [3.63, 3.8) is 0 Å². The molecule has 3 nitrogen and oxygen atoms in total. The van der Waals surface area contributed by atoms with E-state index < -0.39 is 0 Å². The third-order valence-corrected chi connectivity index (χ3v) is 3.06. The SMILES string of the molecule is CC(=O)c1cc(NCCc2cccc(F)c2)ccc1N. The molecular formula is C16H17FN2O. The van der Waals surface area contributed by atoms with Crippen molar-refractivity contribution in [1.29, 1.82) is 0 Å². The molecule has 0 heterocycles. The molecule has 2 aromatic rings. The topological polar surface area (TPSA) is 55.1 Å². The van der Waals surface area contributed by atoms with Crippen molar-refractivity contribution in [2.75, 3.05) is 17.6 Å². The Kier molecular flexibility index (Phi) is 4.35. The fourth-order valence-electron chi connectivity index (χ4n) is 2.01. The number of anilines is 2. The fourth-order valence-corrected chi connectivity index (χ4v) is 2.01. The molecular weight excluding hydrogens is 255 g/mol. The Bertz CT molecular complexity index is 626. The summed E-state index contributed by atoms with van der Waals surface area (Å²) in [6.45, 7) is 2.15. The summed E-state index contributed by atoms with van der Waals surface area (Å²) in [6, 6.07) is 11.8. The van der Waals surface area contributed by atoms with Gasteiger partial charge in [0, 0.05) is 23.5 Å². The molecule has 0 aliphatic carbocycles.